The Morgan fingerprint density at radius 2 is 2.28 bits per heavy atom. The molecular formula is C13H17N3O2. The van der Waals surface area contributed by atoms with E-state index in [9.17, 15) is 4.79 Å². The average molecular weight is 247 g/mol. The number of rotatable bonds is 5. The van der Waals surface area contributed by atoms with E-state index in [0.717, 1.165) is 16.7 Å². The molecule has 0 aliphatic heterocycles. The summed E-state index contributed by atoms with van der Waals surface area (Å²) in [6.45, 7) is 3.20. The first-order chi connectivity index (χ1) is 8.76. The monoisotopic (exact) mass is 247 g/mol. The zero-order valence-electron chi connectivity index (χ0n) is 10.3. The van der Waals surface area contributed by atoms with Crippen LogP contribution in [0.3, 0.4) is 0 Å². The summed E-state index contributed by atoms with van der Waals surface area (Å²) >= 11 is 0. The minimum Gasteiger partial charge on any atom is -0.493 e. The topological polar surface area (TPSA) is 69.3 Å². The van der Waals surface area contributed by atoms with Gasteiger partial charge >= 0.3 is 0 Å². The van der Waals surface area contributed by atoms with Gasteiger partial charge in [0.25, 0.3) is 0 Å². The molecule has 96 valence electrons. The zero-order valence-corrected chi connectivity index (χ0v) is 10.3. The standard InChI is InChI=1S/C13H17N3O2/c1-2-18-12-5-3-4-11-10(12)6-8-16(11)9-7-13(17)15-14/h3-6,8H,2,7,9,14H2,1H3,(H,15,17). The number of fused-ring (bicyclic) bond motifs is 1. The van der Waals surface area contributed by atoms with E-state index in [-0.39, 0.29) is 5.91 Å². The third kappa shape index (κ3) is 2.46. The third-order valence-corrected chi connectivity index (χ3v) is 2.81. The van der Waals surface area contributed by atoms with Gasteiger partial charge in [0.15, 0.2) is 0 Å². The molecule has 0 unspecified atom stereocenters. The lowest BCUT2D eigenvalue weighted by atomic mass is 10.2. The maximum absolute atomic E-state index is 11.1. The van der Waals surface area contributed by atoms with E-state index >= 15 is 0 Å². The Hall–Kier alpha value is -2.01. The van der Waals surface area contributed by atoms with E-state index in [0.29, 0.717) is 19.6 Å². The fourth-order valence-electron chi connectivity index (χ4n) is 1.97. The predicted molar refractivity (Wildman–Crippen MR) is 70.1 cm³/mol. The first kappa shape index (κ1) is 12.4. The largest absolute Gasteiger partial charge is 0.493 e. The normalized spacial score (nSPS) is 10.6. The predicted octanol–water partition coefficient (Wildman–Crippen LogP) is 1.42. The number of ether oxygens (including phenoxy) is 1. The van der Waals surface area contributed by atoms with Crippen molar-refractivity contribution in [1.82, 2.24) is 9.99 Å². The van der Waals surface area contributed by atoms with Gasteiger partial charge in [0.05, 0.1) is 12.1 Å². The average Bonchev–Trinajstić information content (AvgIpc) is 2.80. The minimum atomic E-state index is -0.169. The molecule has 0 radical (unpaired) electrons. The summed E-state index contributed by atoms with van der Waals surface area (Å²) in [5.41, 5.74) is 3.19. The molecule has 1 amide bonds. The second kappa shape index (κ2) is 5.55. The van der Waals surface area contributed by atoms with Crippen LogP contribution in [0.1, 0.15) is 13.3 Å². The molecular weight excluding hydrogens is 230 g/mol. The van der Waals surface area contributed by atoms with Crippen LogP contribution < -0.4 is 16.0 Å². The Balaban J connectivity index is 2.25. The van der Waals surface area contributed by atoms with Crippen LogP contribution in [0, 0.1) is 0 Å². The van der Waals surface area contributed by atoms with E-state index in [1.54, 1.807) is 0 Å². The van der Waals surface area contributed by atoms with Crippen LogP contribution in [-0.4, -0.2) is 17.1 Å². The highest BCUT2D eigenvalue weighted by atomic mass is 16.5. The van der Waals surface area contributed by atoms with Crippen LogP contribution >= 0.6 is 0 Å². The zero-order chi connectivity index (χ0) is 13.0. The number of hydrogen-bond acceptors (Lipinski definition) is 3. The molecule has 0 fully saturated rings. The molecule has 18 heavy (non-hydrogen) atoms. The quantitative estimate of drug-likeness (QED) is 0.477. The Bertz CT molecular complexity index is 548. The number of hydrazine groups is 1. The summed E-state index contributed by atoms with van der Waals surface area (Å²) in [5, 5.41) is 1.06. The fourth-order valence-corrected chi connectivity index (χ4v) is 1.97. The summed E-state index contributed by atoms with van der Waals surface area (Å²) in [6.07, 6.45) is 2.32. The van der Waals surface area contributed by atoms with Crippen LogP contribution in [0.5, 0.6) is 5.75 Å². The van der Waals surface area contributed by atoms with E-state index in [2.05, 4.69) is 5.43 Å². The molecule has 0 saturated carbocycles. The molecule has 0 saturated heterocycles. The lowest BCUT2D eigenvalue weighted by Gasteiger charge is -2.07. The van der Waals surface area contributed by atoms with Crippen molar-refractivity contribution in [2.75, 3.05) is 6.61 Å². The maximum Gasteiger partial charge on any atom is 0.235 e. The van der Waals surface area contributed by atoms with Crippen LogP contribution in [0.25, 0.3) is 10.9 Å². The molecule has 2 rings (SSSR count). The van der Waals surface area contributed by atoms with Gasteiger partial charge in [-0.05, 0) is 25.1 Å². The maximum atomic E-state index is 11.1. The van der Waals surface area contributed by atoms with Crippen molar-refractivity contribution in [2.24, 2.45) is 5.84 Å². The van der Waals surface area contributed by atoms with Crippen molar-refractivity contribution in [2.45, 2.75) is 19.9 Å². The highest BCUT2D eigenvalue weighted by Gasteiger charge is 2.07. The summed E-state index contributed by atoms with van der Waals surface area (Å²) in [7, 11) is 0. The summed E-state index contributed by atoms with van der Waals surface area (Å²) in [6, 6.07) is 7.91. The number of nitrogens with one attached hydrogen (secondary N) is 1. The van der Waals surface area contributed by atoms with E-state index < -0.39 is 0 Å². The molecule has 1 aromatic heterocycles. The first-order valence-electron chi connectivity index (χ1n) is 5.96. The van der Waals surface area contributed by atoms with Crippen molar-refractivity contribution in [3.8, 4) is 5.75 Å². The number of carbonyl (C=O) groups excluding carboxylic acids is 1. The molecule has 1 heterocycles. The molecule has 0 atom stereocenters. The van der Waals surface area contributed by atoms with Crippen molar-refractivity contribution < 1.29 is 9.53 Å². The third-order valence-electron chi connectivity index (χ3n) is 2.81. The van der Waals surface area contributed by atoms with E-state index in [1.165, 1.54) is 0 Å². The number of aryl methyl sites for hydroxylation is 1. The Labute approximate surface area is 105 Å². The van der Waals surface area contributed by atoms with E-state index in [1.807, 2.05) is 42.0 Å². The van der Waals surface area contributed by atoms with Gasteiger partial charge in [0.2, 0.25) is 5.91 Å². The number of aromatic nitrogens is 1. The van der Waals surface area contributed by atoms with Gasteiger partial charge in [0.1, 0.15) is 5.75 Å². The Morgan fingerprint density at radius 3 is 3.00 bits per heavy atom. The number of nitrogens with two attached hydrogens (primary N) is 1. The highest BCUT2D eigenvalue weighted by Crippen LogP contribution is 2.26. The smallest absolute Gasteiger partial charge is 0.235 e. The number of amides is 1. The first-order valence-corrected chi connectivity index (χ1v) is 5.96. The van der Waals surface area contributed by atoms with Gasteiger partial charge in [-0.3, -0.25) is 10.2 Å². The van der Waals surface area contributed by atoms with Crippen LogP contribution in [0.15, 0.2) is 30.5 Å². The SMILES string of the molecule is CCOc1cccc2c1ccn2CCC(=O)NN. The summed E-state index contributed by atoms with van der Waals surface area (Å²) in [4.78, 5) is 11.1. The lowest BCUT2D eigenvalue weighted by Crippen LogP contribution is -2.30. The second-order valence-corrected chi connectivity index (χ2v) is 3.95. The van der Waals surface area contributed by atoms with Gasteiger partial charge < -0.3 is 9.30 Å². The fraction of sp³-hybridized carbons (Fsp3) is 0.308. The Kier molecular flexibility index (Phi) is 3.84. The van der Waals surface area contributed by atoms with Gasteiger partial charge in [-0.25, -0.2) is 5.84 Å². The molecule has 2 aromatic rings. The van der Waals surface area contributed by atoms with Gasteiger partial charge in [-0.1, -0.05) is 6.07 Å². The van der Waals surface area contributed by atoms with Crippen molar-refractivity contribution in [3.63, 3.8) is 0 Å². The van der Waals surface area contributed by atoms with E-state index in [4.69, 9.17) is 10.6 Å². The second-order valence-electron chi connectivity index (χ2n) is 3.95. The molecule has 0 spiro atoms. The summed E-state index contributed by atoms with van der Waals surface area (Å²) in [5.74, 6) is 5.76. The highest BCUT2D eigenvalue weighted by molar-refractivity contribution is 5.86. The van der Waals surface area contributed by atoms with Crippen molar-refractivity contribution >= 4 is 16.8 Å². The molecule has 0 aliphatic rings. The van der Waals surface area contributed by atoms with Gasteiger partial charge in [-0.15, -0.1) is 0 Å². The van der Waals surface area contributed by atoms with Crippen LogP contribution in [-0.2, 0) is 11.3 Å². The van der Waals surface area contributed by atoms with Gasteiger partial charge in [-0.2, -0.15) is 0 Å². The number of carbonyl (C=O) groups is 1. The molecule has 3 N–H and O–H groups in total. The summed E-state index contributed by atoms with van der Waals surface area (Å²) < 4.78 is 7.59. The molecule has 0 bridgehead atoms. The van der Waals surface area contributed by atoms with Crippen molar-refractivity contribution in [1.29, 1.82) is 0 Å². The minimum absolute atomic E-state index is 0.169. The Morgan fingerprint density at radius 1 is 1.44 bits per heavy atom. The van der Waals surface area contributed by atoms with Gasteiger partial charge in [0, 0.05) is 24.5 Å². The molecule has 5 heteroatoms. The van der Waals surface area contributed by atoms with Crippen molar-refractivity contribution in [3.05, 3.63) is 30.5 Å². The number of benzene rings is 1. The van der Waals surface area contributed by atoms with Crippen LogP contribution in [0.2, 0.25) is 0 Å². The number of nitrogens with zero attached hydrogens (tertiary/aromatic N) is 1. The molecule has 0 aliphatic carbocycles. The lowest BCUT2D eigenvalue weighted by molar-refractivity contribution is -0.121. The van der Waals surface area contributed by atoms with Crippen LogP contribution in [0.4, 0.5) is 0 Å². The molecule has 5 nitrogen and oxygen atoms in total. The molecule has 1 aromatic carbocycles. The number of hydrogen-bond donors (Lipinski definition) is 2.